The van der Waals surface area contributed by atoms with Gasteiger partial charge in [-0.25, -0.2) is 0 Å². The summed E-state index contributed by atoms with van der Waals surface area (Å²) < 4.78 is 11.8. The Bertz CT molecular complexity index is 1040. The van der Waals surface area contributed by atoms with E-state index in [1.807, 2.05) is 31.2 Å². The monoisotopic (exact) mass is 527 g/mol. The molecule has 1 aromatic rings. The van der Waals surface area contributed by atoms with E-state index >= 15 is 0 Å². The number of rotatable bonds is 12. The van der Waals surface area contributed by atoms with Crippen molar-refractivity contribution in [1.29, 1.82) is 0 Å². The first-order valence-electron chi connectivity index (χ1n) is 13.9. The summed E-state index contributed by atoms with van der Waals surface area (Å²) >= 11 is 0. The smallest absolute Gasteiger partial charge is 0.312 e. The van der Waals surface area contributed by atoms with Crippen LogP contribution in [-0.2, 0) is 23.9 Å². The fraction of sp³-hybridized carbons (Fsp3) is 0.621. The van der Waals surface area contributed by atoms with Gasteiger partial charge in [-0.15, -0.1) is 6.58 Å². The molecule has 3 aliphatic rings. The fourth-order valence-electron chi connectivity index (χ4n) is 6.72. The van der Waals surface area contributed by atoms with Gasteiger partial charge in [-0.3, -0.25) is 14.4 Å². The third-order valence-corrected chi connectivity index (χ3v) is 8.47. The molecule has 3 aliphatic heterocycles. The van der Waals surface area contributed by atoms with Gasteiger partial charge in [0.15, 0.2) is 0 Å². The van der Waals surface area contributed by atoms with E-state index < -0.39 is 41.6 Å². The lowest BCUT2D eigenvalue weighted by atomic mass is 9.70. The Morgan fingerprint density at radius 2 is 1.87 bits per heavy atom. The molecule has 9 heteroatoms. The second kappa shape index (κ2) is 11.5. The molecule has 1 aromatic carbocycles. The maximum atomic E-state index is 14.5. The zero-order valence-electron chi connectivity index (χ0n) is 23.0. The molecule has 0 saturated carbocycles. The van der Waals surface area contributed by atoms with Gasteiger partial charge in [-0.1, -0.05) is 13.0 Å². The van der Waals surface area contributed by atoms with Crippen molar-refractivity contribution in [2.75, 3.05) is 42.6 Å². The van der Waals surface area contributed by atoms with E-state index in [2.05, 4.69) is 25.3 Å². The Hall–Kier alpha value is -2.91. The molecule has 0 aromatic heterocycles. The number of carbonyl (C=O) groups excluding carboxylic acids is 3. The van der Waals surface area contributed by atoms with E-state index in [1.165, 1.54) is 4.90 Å². The van der Waals surface area contributed by atoms with Crippen molar-refractivity contribution < 1.29 is 29.0 Å². The first kappa shape index (κ1) is 28.1. The molecule has 208 valence electrons. The highest BCUT2D eigenvalue weighted by Crippen LogP contribution is 2.59. The highest BCUT2D eigenvalue weighted by atomic mass is 16.6. The van der Waals surface area contributed by atoms with Crippen LogP contribution in [0.2, 0.25) is 0 Å². The van der Waals surface area contributed by atoms with Crippen LogP contribution in [0.3, 0.4) is 0 Å². The fourth-order valence-corrected chi connectivity index (χ4v) is 6.72. The van der Waals surface area contributed by atoms with Crippen LogP contribution >= 0.6 is 0 Å². The highest BCUT2D eigenvalue weighted by Gasteiger charge is 2.75. The molecule has 0 unspecified atom stereocenters. The van der Waals surface area contributed by atoms with Crippen molar-refractivity contribution >= 4 is 29.2 Å². The van der Waals surface area contributed by atoms with Gasteiger partial charge in [0.2, 0.25) is 5.91 Å². The molecule has 3 saturated heterocycles. The van der Waals surface area contributed by atoms with Crippen molar-refractivity contribution in [3.8, 4) is 0 Å². The Morgan fingerprint density at radius 3 is 2.42 bits per heavy atom. The van der Waals surface area contributed by atoms with E-state index in [0.29, 0.717) is 24.9 Å². The molecule has 3 heterocycles. The maximum absolute atomic E-state index is 14.5. The van der Waals surface area contributed by atoms with Gasteiger partial charge in [0.05, 0.1) is 37.2 Å². The van der Waals surface area contributed by atoms with Crippen LogP contribution in [0.1, 0.15) is 47.0 Å². The van der Waals surface area contributed by atoms with Crippen LogP contribution in [0.15, 0.2) is 36.9 Å². The van der Waals surface area contributed by atoms with Crippen LogP contribution < -0.4 is 9.80 Å². The summed E-state index contributed by atoms with van der Waals surface area (Å²) in [4.78, 5) is 46.8. The number of nitrogens with zero attached hydrogens (tertiary/aromatic N) is 3. The lowest BCUT2D eigenvalue weighted by Crippen LogP contribution is -2.59. The lowest BCUT2D eigenvalue weighted by Gasteiger charge is -2.39. The third-order valence-electron chi connectivity index (χ3n) is 8.47. The molecule has 1 N–H and O–H groups in total. The van der Waals surface area contributed by atoms with Crippen LogP contribution in [-0.4, -0.2) is 84.4 Å². The van der Waals surface area contributed by atoms with Gasteiger partial charge in [0.25, 0.3) is 5.91 Å². The lowest BCUT2D eigenvalue weighted by molar-refractivity contribution is -0.155. The highest BCUT2D eigenvalue weighted by molar-refractivity contribution is 6.05. The van der Waals surface area contributed by atoms with Gasteiger partial charge in [0, 0.05) is 31.0 Å². The standard InChI is InChI=1S/C29H41N3O6/c1-6-17-31(21-13-11-20(12-14-21)30(8-3)9-4)27(35)25-29-16-15-22(38-29)23(28(36)37-10-5)24(29)26(34)32(25)19(7-2)18-33/h6,11-14,19,22-25,33H,1,7-10,15-18H2,2-5H3/t19-,22+,23-,24-,25+,29-/m0/s1. The Balaban J connectivity index is 1.76. The summed E-state index contributed by atoms with van der Waals surface area (Å²) in [6.07, 6.45) is 2.71. The molecule has 9 nitrogen and oxygen atoms in total. The molecular formula is C29H41N3O6. The van der Waals surface area contributed by atoms with Gasteiger partial charge < -0.3 is 29.3 Å². The number of carbonyl (C=O) groups is 3. The van der Waals surface area contributed by atoms with Crippen LogP contribution in [0.25, 0.3) is 0 Å². The Labute approximate surface area is 225 Å². The zero-order valence-corrected chi connectivity index (χ0v) is 23.0. The van der Waals surface area contributed by atoms with Gasteiger partial charge in [-0.05, 0) is 64.3 Å². The SMILES string of the molecule is C=CCN(C(=O)[C@H]1N([C@@H](CC)CO)C(=O)[C@@H]2[C@@H](C(=O)OCC)[C@H]3CC[C@]21O3)c1ccc(N(CC)CC)cc1. The minimum absolute atomic E-state index is 0.201. The molecule has 1 spiro atoms. The first-order chi connectivity index (χ1) is 18.3. The number of hydrogen-bond acceptors (Lipinski definition) is 7. The van der Waals surface area contributed by atoms with Gasteiger partial charge in [-0.2, -0.15) is 0 Å². The summed E-state index contributed by atoms with van der Waals surface area (Å²) in [5.74, 6) is -2.65. The number of likely N-dealkylation sites (tertiary alicyclic amines) is 1. The number of aliphatic hydroxyl groups excluding tert-OH is 1. The summed E-state index contributed by atoms with van der Waals surface area (Å²) in [7, 11) is 0. The van der Waals surface area contributed by atoms with E-state index in [4.69, 9.17) is 9.47 Å². The van der Waals surface area contributed by atoms with Crippen LogP contribution in [0.4, 0.5) is 11.4 Å². The second-order valence-electron chi connectivity index (χ2n) is 10.2. The molecule has 4 rings (SSSR count). The largest absolute Gasteiger partial charge is 0.466 e. The molecule has 2 bridgehead atoms. The van der Waals surface area contributed by atoms with Crippen molar-refractivity contribution in [2.45, 2.75) is 70.7 Å². The Kier molecular flexibility index (Phi) is 8.47. The normalized spacial score (nSPS) is 28.2. The van der Waals surface area contributed by atoms with Crippen LogP contribution in [0.5, 0.6) is 0 Å². The average molecular weight is 528 g/mol. The van der Waals surface area contributed by atoms with Crippen LogP contribution in [0, 0.1) is 11.8 Å². The molecule has 2 amide bonds. The summed E-state index contributed by atoms with van der Waals surface area (Å²) in [6, 6.07) is 6.25. The van der Waals surface area contributed by atoms with E-state index in [0.717, 1.165) is 18.8 Å². The number of aliphatic hydroxyl groups is 1. The molecule has 38 heavy (non-hydrogen) atoms. The molecule has 0 aliphatic carbocycles. The Morgan fingerprint density at radius 1 is 1.21 bits per heavy atom. The molecular weight excluding hydrogens is 486 g/mol. The third kappa shape index (κ3) is 4.39. The quantitative estimate of drug-likeness (QED) is 0.330. The van der Waals surface area contributed by atoms with Crippen molar-refractivity contribution in [1.82, 2.24) is 4.90 Å². The molecule has 6 atom stereocenters. The first-order valence-corrected chi connectivity index (χ1v) is 13.9. The second-order valence-corrected chi connectivity index (χ2v) is 10.2. The zero-order chi connectivity index (χ0) is 27.6. The van der Waals surface area contributed by atoms with Crippen molar-refractivity contribution in [2.24, 2.45) is 11.8 Å². The number of ether oxygens (including phenoxy) is 2. The number of fused-ring (bicyclic) bond motifs is 1. The van der Waals surface area contributed by atoms with E-state index in [9.17, 15) is 19.5 Å². The predicted molar refractivity (Wildman–Crippen MR) is 145 cm³/mol. The topological polar surface area (TPSA) is 99.6 Å². The maximum Gasteiger partial charge on any atom is 0.312 e. The minimum Gasteiger partial charge on any atom is -0.466 e. The molecule has 3 fully saturated rings. The number of amides is 2. The number of benzene rings is 1. The number of esters is 1. The van der Waals surface area contributed by atoms with E-state index in [-0.39, 0.29) is 31.6 Å². The average Bonchev–Trinajstić information content (AvgIpc) is 3.57. The summed E-state index contributed by atoms with van der Waals surface area (Å²) in [5, 5.41) is 10.2. The van der Waals surface area contributed by atoms with E-state index in [1.54, 1.807) is 17.9 Å². The summed E-state index contributed by atoms with van der Waals surface area (Å²) in [5.41, 5.74) is 0.603. The predicted octanol–water partition coefficient (Wildman–Crippen LogP) is 2.76. The van der Waals surface area contributed by atoms with Gasteiger partial charge in [0.1, 0.15) is 11.6 Å². The molecule has 0 radical (unpaired) electrons. The van der Waals surface area contributed by atoms with Crippen molar-refractivity contribution in [3.05, 3.63) is 36.9 Å². The number of anilines is 2. The minimum atomic E-state index is -1.14. The van der Waals surface area contributed by atoms with Crippen molar-refractivity contribution in [3.63, 3.8) is 0 Å². The summed E-state index contributed by atoms with van der Waals surface area (Å²) in [6.45, 7) is 13.5. The number of hydrogen-bond donors (Lipinski definition) is 1. The van der Waals surface area contributed by atoms with Gasteiger partial charge >= 0.3 is 5.97 Å².